The van der Waals surface area contributed by atoms with Gasteiger partial charge in [-0.05, 0) is 12.8 Å². The molecular weight excluding hydrogens is 380 g/mol. The highest BCUT2D eigenvalue weighted by Gasteiger charge is 2.16. The molecule has 0 saturated heterocycles. The fourth-order valence-electron chi connectivity index (χ4n) is 2.47. The number of nitrogens with one attached hydrogen (secondary N) is 2. The predicted molar refractivity (Wildman–Crippen MR) is 102 cm³/mol. The molecule has 0 amide bonds. The third-order valence-electron chi connectivity index (χ3n) is 4.03. The van der Waals surface area contributed by atoms with Crippen LogP contribution in [0.2, 0.25) is 0 Å². The average Bonchev–Trinajstić information content (AvgIpc) is 2.72. The van der Waals surface area contributed by atoms with Crippen molar-refractivity contribution in [1.29, 1.82) is 10.5 Å². The minimum Gasteiger partial charge on any atom is -0.369 e. The summed E-state index contributed by atoms with van der Waals surface area (Å²) in [7, 11) is 0. The van der Waals surface area contributed by atoms with Crippen LogP contribution in [0.1, 0.15) is 30.9 Å². The van der Waals surface area contributed by atoms with Crippen molar-refractivity contribution < 1.29 is 9.85 Å². The van der Waals surface area contributed by atoms with E-state index >= 15 is 0 Å². The molecule has 0 radical (unpaired) electrons. The maximum Gasteiger partial charge on any atom is 0.289 e. The molecule has 12 heteroatoms. The zero-order valence-corrected chi connectivity index (χ0v) is 15.3. The van der Waals surface area contributed by atoms with Gasteiger partial charge in [0.1, 0.15) is 47.3 Å². The van der Waals surface area contributed by atoms with Crippen LogP contribution < -0.4 is 10.6 Å². The van der Waals surface area contributed by atoms with Crippen molar-refractivity contribution in [2.24, 2.45) is 0 Å². The highest BCUT2D eigenvalue weighted by Crippen LogP contribution is 2.21. The second kappa shape index (κ2) is 9.57. The lowest BCUT2D eigenvalue weighted by Crippen LogP contribution is -2.23. The van der Waals surface area contributed by atoms with Gasteiger partial charge in [-0.3, -0.25) is 20.2 Å². The molecule has 2 N–H and O–H groups in total. The van der Waals surface area contributed by atoms with Crippen LogP contribution in [0.5, 0.6) is 0 Å². The van der Waals surface area contributed by atoms with E-state index in [-0.39, 0.29) is 40.2 Å². The van der Waals surface area contributed by atoms with Crippen molar-refractivity contribution in [3.8, 4) is 12.1 Å². The van der Waals surface area contributed by atoms with Crippen molar-refractivity contribution in [1.82, 2.24) is 9.97 Å². The summed E-state index contributed by atoms with van der Waals surface area (Å²) < 4.78 is 0. The quantitative estimate of drug-likeness (QED) is 0.471. The minimum atomic E-state index is -0.626. The Kier molecular flexibility index (Phi) is 6.92. The van der Waals surface area contributed by atoms with Gasteiger partial charge in [0.2, 0.25) is 0 Å². The summed E-state index contributed by atoms with van der Waals surface area (Å²) in [5.41, 5.74) is -0.415. The zero-order chi connectivity index (χ0) is 21.4. The summed E-state index contributed by atoms with van der Waals surface area (Å²) in [4.78, 5) is 28.2. The number of nitro groups is 2. The highest BCUT2D eigenvalue weighted by atomic mass is 16.6. The molecule has 2 aromatic heterocycles. The molecular formula is C17H16N8O4. The number of nitrogens with zero attached hydrogens (tertiary/aromatic N) is 6. The van der Waals surface area contributed by atoms with Crippen LogP contribution in [0.25, 0.3) is 0 Å². The van der Waals surface area contributed by atoms with Gasteiger partial charge in [0, 0.05) is 24.7 Å². The standard InChI is InChI=1S/C17H16N8O4/c1-2-13(23-17-12(8-19)6-15(10-22-17)25(28)29)3-4-20-16-11(7-18)5-14(9-21-16)24(26)27/h5-6,9-10,13H,2-4H2,1H3,(H,20,21)(H,22,23). The molecule has 2 heterocycles. The van der Waals surface area contributed by atoms with Crippen LogP contribution in [0.4, 0.5) is 23.0 Å². The molecule has 0 bridgehead atoms. The Bertz CT molecular complexity index is 1010. The van der Waals surface area contributed by atoms with Gasteiger partial charge in [0.25, 0.3) is 11.4 Å². The van der Waals surface area contributed by atoms with Gasteiger partial charge in [-0.1, -0.05) is 6.92 Å². The first-order valence-corrected chi connectivity index (χ1v) is 8.49. The number of hydrogen-bond acceptors (Lipinski definition) is 10. The summed E-state index contributed by atoms with van der Waals surface area (Å²) in [5, 5.41) is 46.0. The van der Waals surface area contributed by atoms with E-state index in [2.05, 4.69) is 20.6 Å². The van der Waals surface area contributed by atoms with Crippen molar-refractivity contribution >= 4 is 23.0 Å². The van der Waals surface area contributed by atoms with Gasteiger partial charge >= 0.3 is 0 Å². The van der Waals surface area contributed by atoms with Crippen LogP contribution in [0, 0.1) is 42.9 Å². The van der Waals surface area contributed by atoms with Gasteiger partial charge in [-0.15, -0.1) is 0 Å². The number of aromatic nitrogens is 2. The first-order valence-electron chi connectivity index (χ1n) is 8.49. The Morgan fingerprint density at radius 1 is 1.03 bits per heavy atom. The topological polar surface area (TPSA) is 184 Å². The second-order valence-electron chi connectivity index (χ2n) is 5.88. The smallest absolute Gasteiger partial charge is 0.289 e. The van der Waals surface area contributed by atoms with E-state index in [1.807, 2.05) is 19.1 Å². The lowest BCUT2D eigenvalue weighted by atomic mass is 10.1. The number of pyridine rings is 2. The predicted octanol–water partition coefficient (Wildman–Crippen LogP) is 2.73. The first kappa shape index (κ1) is 21.0. The normalized spacial score (nSPS) is 11.0. The first-order chi connectivity index (χ1) is 13.9. The molecule has 0 spiro atoms. The summed E-state index contributed by atoms with van der Waals surface area (Å²) in [6, 6.07) is 5.93. The summed E-state index contributed by atoms with van der Waals surface area (Å²) in [6.07, 6.45) is 3.36. The van der Waals surface area contributed by atoms with Crippen molar-refractivity contribution in [3.63, 3.8) is 0 Å². The van der Waals surface area contributed by atoms with E-state index in [4.69, 9.17) is 5.26 Å². The molecule has 1 unspecified atom stereocenters. The van der Waals surface area contributed by atoms with Crippen molar-refractivity contribution in [2.45, 2.75) is 25.8 Å². The summed E-state index contributed by atoms with van der Waals surface area (Å²) in [6.45, 7) is 2.31. The molecule has 148 valence electrons. The number of hydrogen-bond donors (Lipinski definition) is 2. The van der Waals surface area contributed by atoms with Crippen LogP contribution in [-0.4, -0.2) is 32.4 Å². The molecule has 0 aliphatic heterocycles. The van der Waals surface area contributed by atoms with Gasteiger partial charge in [-0.2, -0.15) is 10.5 Å². The van der Waals surface area contributed by atoms with E-state index < -0.39 is 9.85 Å². The van der Waals surface area contributed by atoms with E-state index in [1.54, 1.807) is 0 Å². The lowest BCUT2D eigenvalue weighted by molar-refractivity contribution is -0.385. The number of nitriles is 2. The molecule has 1 atom stereocenters. The molecule has 2 rings (SSSR count). The van der Waals surface area contributed by atoms with Gasteiger partial charge in [0.05, 0.1) is 9.85 Å². The lowest BCUT2D eigenvalue weighted by Gasteiger charge is -2.18. The molecule has 12 nitrogen and oxygen atoms in total. The van der Waals surface area contributed by atoms with E-state index in [0.717, 1.165) is 24.5 Å². The minimum absolute atomic E-state index is 0.0593. The summed E-state index contributed by atoms with van der Waals surface area (Å²) >= 11 is 0. The van der Waals surface area contributed by atoms with Crippen LogP contribution >= 0.6 is 0 Å². The van der Waals surface area contributed by atoms with Crippen molar-refractivity contribution in [2.75, 3.05) is 17.2 Å². The number of rotatable bonds is 9. The largest absolute Gasteiger partial charge is 0.369 e. The molecule has 0 fully saturated rings. The Morgan fingerprint density at radius 2 is 1.55 bits per heavy atom. The maximum absolute atomic E-state index is 10.8. The second-order valence-corrected chi connectivity index (χ2v) is 5.88. The Balaban J connectivity index is 2.03. The third kappa shape index (κ3) is 5.33. The zero-order valence-electron chi connectivity index (χ0n) is 15.3. The maximum atomic E-state index is 10.8. The molecule has 0 aliphatic carbocycles. The molecule has 0 saturated carbocycles. The summed E-state index contributed by atoms with van der Waals surface area (Å²) in [5.74, 6) is 0.482. The highest BCUT2D eigenvalue weighted by molar-refractivity contribution is 5.57. The molecule has 29 heavy (non-hydrogen) atoms. The van der Waals surface area contributed by atoms with E-state index in [0.29, 0.717) is 19.4 Å². The van der Waals surface area contributed by atoms with Crippen molar-refractivity contribution in [3.05, 3.63) is 55.9 Å². The third-order valence-corrected chi connectivity index (χ3v) is 4.03. The van der Waals surface area contributed by atoms with E-state index in [1.165, 1.54) is 0 Å². The molecule has 0 aliphatic rings. The van der Waals surface area contributed by atoms with Crippen LogP contribution in [0.3, 0.4) is 0 Å². The van der Waals surface area contributed by atoms with Gasteiger partial charge in [0.15, 0.2) is 0 Å². The van der Waals surface area contributed by atoms with E-state index in [9.17, 15) is 25.5 Å². The average molecular weight is 396 g/mol. The monoisotopic (exact) mass is 396 g/mol. The molecule has 2 aromatic rings. The van der Waals surface area contributed by atoms with Gasteiger partial charge < -0.3 is 10.6 Å². The fraction of sp³-hybridized carbons (Fsp3) is 0.294. The Morgan fingerprint density at radius 3 is 2.03 bits per heavy atom. The van der Waals surface area contributed by atoms with Crippen LogP contribution in [-0.2, 0) is 0 Å². The van der Waals surface area contributed by atoms with Gasteiger partial charge in [-0.25, -0.2) is 9.97 Å². The van der Waals surface area contributed by atoms with Crippen LogP contribution in [0.15, 0.2) is 24.5 Å². The Hall–Kier alpha value is -4.32. The Labute approximate surface area is 165 Å². The SMILES string of the molecule is CCC(CCNc1ncc([N+](=O)[O-])cc1C#N)Nc1ncc([N+](=O)[O-])cc1C#N. The molecule has 0 aromatic carbocycles. The fourth-order valence-corrected chi connectivity index (χ4v) is 2.47. The number of anilines is 2.